The monoisotopic (exact) mass is 360 g/mol. The zero-order valence-electron chi connectivity index (χ0n) is 13.7. The van der Waals surface area contributed by atoms with E-state index in [0.717, 1.165) is 5.56 Å². The molecule has 0 aromatic heterocycles. The van der Waals surface area contributed by atoms with Crippen LogP contribution in [0.2, 0.25) is 5.02 Å². The van der Waals surface area contributed by atoms with Gasteiger partial charge in [0, 0.05) is 5.02 Å². The van der Waals surface area contributed by atoms with Gasteiger partial charge in [-0.3, -0.25) is 4.79 Å². The van der Waals surface area contributed by atoms with Crippen LogP contribution in [0.4, 0.5) is 0 Å². The number of halogens is 1. The first-order valence-electron chi connectivity index (χ1n) is 7.43. The number of carbonyl (C=O) groups excluding carboxylic acids is 2. The number of carbonyl (C=O) groups is 2. The lowest BCUT2D eigenvalue weighted by Gasteiger charge is -2.12. The number of hydrogen-bond donors (Lipinski definition) is 1. The number of nitrogens with zero attached hydrogens (tertiary/aromatic N) is 1. The topological polar surface area (TPSA) is 77.0 Å². The Bertz CT molecular complexity index is 775. The maximum absolute atomic E-state index is 12.0. The van der Waals surface area contributed by atoms with Crippen LogP contribution in [0.15, 0.2) is 53.6 Å². The number of nitrogens with one attached hydrogen (secondary N) is 1. The third kappa shape index (κ3) is 5.61. The van der Waals surface area contributed by atoms with E-state index in [-0.39, 0.29) is 0 Å². The quantitative estimate of drug-likeness (QED) is 0.488. The molecule has 0 fully saturated rings. The van der Waals surface area contributed by atoms with Crippen molar-refractivity contribution >= 4 is 29.7 Å². The number of benzene rings is 2. The van der Waals surface area contributed by atoms with Gasteiger partial charge >= 0.3 is 5.97 Å². The summed E-state index contributed by atoms with van der Waals surface area (Å²) < 4.78 is 10.1. The summed E-state index contributed by atoms with van der Waals surface area (Å²) in [4.78, 5) is 23.3. The maximum Gasteiger partial charge on any atom is 0.337 e. The minimum Gasteiger partial charge on any atom is -0.481 e. The van der Waals surface area contributed by atoms with Crippen molar-refractivity contribution in [2.45, 2.75) is 13.0 Å². The van der Waals surface area contributed by atoms with E-state index in [0.29, 0.717) is 16.3 Å². The van der Waals surface area contributed by atoms with E-state index in [4.69, 9.17) is 16.3 Å². The van der Waals surface area contributed by atoms with E-state index in [1.165, 1.54) is 13.3 Å². The lowest BCUT2D eigenvalue weighted by atomic mass is 10.1. The highest BCUT2D eigenvalue weighted by Crippen LogP contribution is 2.18. The number of hydrogen-bond acceptors (Lipinski definition) is 5. The molecular weight excluding hydrogens is 344 g/mol. The minimum absolute atomic E-state index is 0.401. The third-order valence-corrected chi connectivity index (χ3v) is 3.43. The molecule has 0 aliphatic heterocycles. The normalized spacial score (nSPS) is 11.8. The molecule has 7 heteroatoms. The molecule has 1 N–H and O–H groups in total. The van der Waals surface area contributed by atoms with Crippen LogP contribution in [0.25, 0.3) is 0 Å². The van der Waals surface area contributed by atoms with Gasteiger partial charge in [-0.15, -0.1) is 0 Å². The molecule has 2 aromatic carbocycles. The summed E-state index contributed by atoms with van der Waals surface area (Å²) in [5.41, 5.74) is 3.55. The Balaban J connectivity index is 1.88. The van der Waals surface area contributed by atoms with E-state index >= 15 is 0 Å². The van der Waals surface area contributed by atoms with E-state index in [2.05, 4.69) is 15.3 Å². The van der Waals surface area contributed by atoms with Gasteiger partial charge in [-0.1, -0.05) is 29.8 Å². The molecule has 0 saturated carbocycles. The highest BCUT2D eigenvalue weighted by Gasteiger charge is 2.14. The molecule has 0 aliphatic rings. The Morgan fingerprint density at radius 2 is 1.92 bits per heavy atom. The number of methoxy groups -OCH3 is 1. The lowest BCUT2D eigenvalue weighted by molar-refractivity contribution is -0.127. The molecular formula is C18H17ClN2O4. The van der Waals surface area contributed by atoms with Crippen molar-refractivity contribution in [1.82, 2.24) is 5.43 Å². The average Bonchev–Trinajstić information content (AvgIpc) is 2.61. The molecule has 1 amide bonds. The fraction of sp³-hybridized carbons (Fsp3) is 0.167. The van der Waals surface area contributed by atoms with Crippen LogP contribution < -0.4 is 10.2 Å². The predicted octanol–water partition coefficient (Wildman–Crippen LogP) is 3.04. The van der Waals surface area contributed by atoms with Crippen molar-refractivity contribution in [3.8, 4) is 5.75 Å². The summed E-state index contributed by atoms with van der Waals surface area (Å²) in [5.74, 6) is -0.316. The highest BCUT2D eigenvalue weighted by molar-refractivity contribution is 6.30. The predicted molar refractivity (Wildman–Crippen MR) is 95.1 cm³/mol. The molecule has 0 heterocycles. The summed E-state index contributed by atoms with van der Waals surface area (Å²) in [6, 6.07) is 13.4. The fourth-order valence-corrected chi connectivity index (χ4v) is 2.06. The van der Waals surface area contributed by atoms with Crippen molar-refractivity contribution in [2.75, 3.05) is 7.11 Å². The number of ether oxygens (including phenoxy) is 2. The smallest absolute Gasteiger partial charge is 0.337 e. The molecule has 1 atom stereocenters. The molecule has 130 valence electrons. The first-order valence-corrected chi connectivity index (χ1v) is 7.81. The lowest BCUT2D eigenvalue weighted by Crippen LogP contribution is -2.33. The second-order valence-electron chi connectivity index (χ2n) is 5.07. The molecule has 0 saturated heterocycles. The van der Waals surface area contributed by atoms with Crippen LogP contribution in [-0.4, -0.2) is 31.3 Å². The maximum atomic E-state index is 12.0. The van der Waals surface area contributed by atoms with Crippen LogP contribution >= 0.6 is 11.6 Å². The van der Waals surface area contributed by atoms with Crippen molar-refractivity contribution in [3.05, 3.63) is 64.7 Å². The summed E-state index contributed by atoms with van der Waals surface area (Å²) in [6.07, 6.45) is 0.725. The van der Waals surface area contributed by atoms with Gasteiger partial charge in [0.05, 0.1) is 18.9 Å². The van der Waals surface area contributed by atoms with E-state index < -0.39 is 18.0 Å². The molecule has 2 aromatic rings. The van der Waals surface area contributed by atoms with Crippen molar-refractivity contribution < 1.29 is 19.1 Å². The number of rotatable bonds is 6. The van der Waals surface area contributed by atoms with Gasteiger partial charge in [-0.05, 0) is 42.8 Å². The largest absolute Gasteiger partial charge is 0.481 e. The molecule has 0 aliphatic carbocycles. The van der Waals surface area contributed by atoms with E-state index in [1.54, 1.807) is 55.5 Å². The van der Waals surface area contributed by atoms with Gasteiger partial charge in [-0.25, -0.2) is 10.2 Å². The molecule has 25 heavy (non-hydrogen) atoms. The first-order chi connectivity index (χ1) is 12.0. The van der Waals surface area contributed by atoms with Gasteiger partial charge in [0.1, 0.15) is 5.75 Å². The second kappa shape index (κ2) is 8.84. The second-order valence-corrected chi connectivity index (χ2v) is 5.50. The van der Waals surface area contributed by atoms with E-state index in [1.807, 2.05) is 0 Å². The SMILES string of the molecule is COC(=O)c1ccc(/C=N\NC(=O)[C@@H](C)Oc2cccc(Cl)c2)cc1. The molecule has 0 spiro atoms. The Kier molecular flexibility index (Phi) is 6.54. The summed E-state index contributed by atoms with van der Waals surface area (Å²) in [5, 5.41) is 4.40. The number of amides is 1. The molecule has 0 radical (unpaired) electrons. The Morgan fingerprint density at radius 1 is 1.20 bits per heavy atom. The summed E-state index contributed by atoms with van der Waals surface area (Å²) in [7, 11) is 1.32. The van der Waals surface area contributed by atoms with Crippen molar-refractivity contribution in [3.63, 3.8) is 0 Å². The summed E-state index contributed by atoms with van der Waals surface area (Å²) >= 11 is 5.87. The van der Waals surface area contributed by atoms with Crippen molar-refractivity contribution in [2.24, 2.45) is 5.10 Å². The van der Waals surface area contributed by atoms with Crippen LogP contribution in [-0.2, 0) is 9.53 Å². The van der Waals surface area contributed by atoms with Crippen LogP contribution in [0.3, 0.4) is 0 Å². The molecule has 0 bridgehead atoms. The van der Waals surface area contributed by atoms with Gasteiger partial charge in [0.15, 0.2) is 6.10 Å². The Morgan fingerprint density at radius 3 is 2.56 bits per heavy atom. The van der Waals surface area contributed by atoms with Gasteiger partial charge in [-0.2, -0.15) is 5.10 Å². The number of hydrazone groups is 1. The first kappa shape index (κ1) is 18.5. The third-order valence-electron chi connectivity index (χ3n) is 3.20. The molecule has 0 unspecified atom stereocenters. The molecule has 2 rings (SSSR count). The van der Waals surface area contributed by atoms with Gasteiger partial charge < -0.3 is 9.47 Å². The van der Waals surface area contributed by atoms with Crippen LogP contribution in [0.5, 0.6) is 5.75 Å². The average molecular weight is 361 g/mol. The standard InChI is InChI=1S/C18H17ClN2O4/c1-12(25-16-5-3-4-15(19)10-16)17(22)21-20-11-13-6-8-14(9-7-13)18(23)24-2/h3-12H,1-2H3,(H,21,22)/b20-11-/t12-/m1/s1. The molecule has 6 nitrogen and oxygen atoms in total. The Labute approximate surface area is 150 Å². The van der Waals surface area contributed by atoms with E-state index in [9.17, 15) is 9.59 Å². The van der Waals surface area contributed by atoms with Crippen molar-refractivity contribution in [1.29, 1.82) is 0 Å². The highest BCUT2D eigenvalue weighted by atomic mass is 35.5. The van der Waals surface area contributed by atoms with Gasteiger partial charge in [0.2, 0.25) is 0 Å². The Hall–Kier alpha value is -2.86. The van der Waals surface area contributed by atoms with Gasteiger partial charge in [0.25, 0.3) is 5.91 Å². The zero-order valence-corrected chi connectivity index (χ0v) is 14.5. The zero-order chi connectivity index (χ0) is 18.2. The van der Waals surface area contributed by atoms with Crippen LogP contribution in [0.1, 0.15) is 22.8 Å². The van der Waals surface area contributed by atoms with Crippen LogP contribution in [0, 0.1) is 0 Å². The summed E-state index contributed by atoms with van der Waals surface area (Å²) in [6.45, 7) is 1.61. The fourth-order valence-electron chi connectivity index (χ4n) is 1.88. The minimum atomic E-state index is -0.739. The number of esters is 1.